The molecule has 0 spiro atoms. The van der Waals surface area contributed by atoms with Crippen LogP contribution in [0.15, 0.2) is 195 Å². The normalized spacial score (nSPS) is 11.0. The lowest BCUT2D eigenvalue weighted by molar-refractivity contribution is -0.136. The van der Waals surface area contributed by atoms with Crippen molar-refractivity contribution in [3.8, 4) is 49.4 Å². The molecule has 0 bridgehead atoms. The largest absolute Gasteiger partial charge is 0.497 e. The first kappa shape index (κ1) is 75.5. The minimum absolute atomic E-state index is 0.00756. The summed E-state index contributed by atoms with van der Waals surface area (Å²) in [5, 5.41) is 37.4. The summed E-state index contributed by atoms with van der Waals surface area (Å²) in [6.07, 6.45) is 17.3. The van der Waals surface area contributed by atoms with Crippen LogP contribution in [0.5, 0.6) is 17.2 Å². The molecule has 0 saturated heterocycles. The Bertz CT molecular complexity index is 5070. The van der Waals surface area contributed by atoms with Gasteiger partial charge in [-0.1, -0.05) is 93.6 Å². The number of carbonyl (C=O) groups is 3. The highest BCUT2D eigenvalue weighted by Crippen LogP contribution is 2.35. The Morgan fingerprint density at radius 1 is 0.410 bits per heavy atom. The highest BCUT2D eigenvalue weighted by Gasteiger charge is 2.19. The van der Waals surface area contributed by atoms with Gasteiger partial charge in [-0.15, -0.1) is 40.6 Å². The van der Waals surface area contributed by atoms with Gasteiger partial charge in [0, 0.05) is 65.5 Å². The van der Waals surface area contributed by atoms with Crippen molar-refractivity contribution < 1.29 is 43.9 Å². The monoisotopic (exact) mass is 1450 g/mol. The van der Waals surface area contributed by atoms with Crippen LogP contribution in [0.2, 0.25) is 0 Å². The third-order valence-electron chi connectivity index (χ3n) is 16.5. The number of carboxylic acids is 3. The maximum absolute atomic E-state index is 11.2. The number of allylic oxidation sites excluding steroid dienone is 1. The molecule has 6 aromatic carbocycles. The zero-order valence-electron chi connectivity index (χ0n) is 59.3. The summed E-state index contributed by atoms with van der Waals surface area (Å²) >= 11 is 4.89. The summed E-state index contributed by atoms with van der Waals surface area (Å²) < 4.78 is 15.6. The van der Waals surface area contributed by atoms with Crippen molar-refractivity contribution in [2.24, 2.45) is 0 Å². The number of nitrogens with zero attached hydrogens (tertiary/aromatic N) is 6. The van der Waals surface area contributed by atoms with Crippen molar-refractivity contribution in [2.75, 3.05) is 37.3 Å². The zero-order chi connectivity index (χ0) is 74.4. The molecule has 532 valence electrons. The molecule has 21 heteroatoms. The zero-order valence-corrected chi connectivity index (χ0v) is 61.8. The fraction of sp³-hybridized carbons (Fsp3) is 0.155. The lowest BCUT2D eigenvalue weighted by Gasteiger charge is -2.15. The first-order chi connectivity index (χ1) is 50.9. The van der Waals surface area contributed by atoms with E-state index in [2.05, 4.69) is 98.0 Å². The summed E-state index contributed by atoms with van der Waals surface area (Å²) in [6.45, 7) is 14.1. The number of anilines is 6. The second-order valence-electron chi connectivity index (χ2n) is 23.6. The average molecular weight is 1450 g/mol. The van der Waals surface area contributed by atoms with E-state index < -0.39 is 17.9 Å². The molecule has 105 heavy (non-hydrogen) atoms. The number of aliphatic carboxylic acids is 1. The van der Waals surface area contributed by atoms with Crippen LogP contribution in [0.25, 0.3) is 68.6 Å². The maximum atomic E-state index is 11.2. The number of aryl methyl sites for hydroxylation is 3. The third kappa shape index (κ3) is 20.8. The Hall–Kier alpha value is -12.2. The van der Waals surface area contributed by atoms with Crippen molar-refractivity contribution in [1.82, 2.24) is 29.9 Å². The number of rotatable bonds is 27. The minimum Gasteiger partial charge on any atom is -0.497 e. The quantitative estimate of drug-likeness (QED) is 0.0262. The van der Waals surface area contributed by atoms with Crippen molar-refractivity contribution in [3.63, 3.8) is 0 Å². The van der Waals surface area contributed by atoms with Crippen molar-refractivity contribution >= 4 is 123 Å². The molecule has 0 aliphatic rings. The number of aromatic carboxylic acids is 2. The van der Waals surface area contributed by atoms with E-state index in [1.165, 1.54) is 0 Å². The molecule has 0 amide bonds. The first-order valence-electron chi connectivity index (χ1n) is 33.7. The molecule has 0 aliphatic heterocycles. The topological polar surface area (TPSA) is 253 Å². The van der Waals surface area contributed by atoms with Crippen LogP contribution in [0.1, 0.15) is 112 Å². The Balaban J connectivity index is 0.000000169. The molecule has 0 aliphatic carbocycles. The number of methoxy groups -OCH3 is 3. The van der Waals surface area contributed by atoms with Crippen LogP contribution in [-0.2, 0) is 36.9 Å². The van der Waals surface area contributed by atoms with Gasteiger partial charge in [-0.25, -0.2) is 39.5 Å². The van der Waals surface area contributed by atoms with Crippen LogP contribution >= 0.6 is 34.0 Å². The van der Waals surface area contributed by atoms with Gasteiger partial charge in [-0.2, -0.15) is 0 Å². The Labute approximate surface area is 622 Å². The Kier molecular flexibility index (Phi) is 26.3. The Morgan fingerprint density at radius 2 is 0.752 bits per heavy atom. The van der Waals surface area contributed by atoms with E-state index in [1.807, 2.05) is 123 Å². The van der Waals surface area contributed by atoms with Gasteiger partial charge < -0.3 is 45.5 Å². The van der Waals surface area contributed by atoms with Crippen molar-refractivity contribution in [1.29, 1.82) is 0 Å². The van der Waals surface area contributed by atoms with Gasteiger partial charge in [-0.3, -0.25) is 4.79 Å². The summed E-state index contributed by atoms with van der Waals surface area (Å²) in [7, 11) is 4.97. The molecule has 0 radical (unpaired) electrons. The first-order valence-corrected chi connectivity index (χ1v) is 36.2. The predicted molar refractivity (Wildman–Crippen MR) is 428 cm³/mol. The summed E-state index contributed by atoms with van der Waals surface area (Å²) in [4.78, 5) is 68.4. The predicted octanol–water partition coefficient (Wildman–Crippen LogP) is 20.4. The molecule has 6 aromatic heterocycles. The van der Waals surface area contributed by atoms with E-state index in [9.17, 15) is 14.4 Å². The second-order valence-corrected chi connectivity index (χ2v) is 27.0. The molecule has 6 heterocycles. The minimum atomic E-state index is -0.949. The number of nitrogens with one attached hydrogen (secondary N) is 3. The van der Waals surface area contributed by atoms with Gasteiger partial charge in [0.1, 0.15) is 34.7 Å². The number of thiophene rings is 3. The number of benzene rings is 6. The standard InChI is InChI=1S/C29H27N3O3S.C28H27N3O3S.C27H25N3O3S/c1-4-5-25-19(2)30-29(32-28(25)31-22-11-6-21(7-12-22)18-27(33)34)26-17-16-24(36-26)15-10-20-8-13-23(35-3)14-9-20;1-4-23-24(5-2)30-27(31-26(23)29-20-11-9-19(10-12-20)28(32)33)25-17-16-22(35-25)15-8-18-6-13-21(34-3)14-7-18;1-4-23-17(2)28-26(30-25(23)29-20-10-8-19(9-11-20)27(31)32)24-16-15-22(34-24)14-7-18-5-12-21(33-3)13-6-18/h4,6-17H,1,5,18H2,2-3H3,(H,33,34)(H,30,31,32);6-17H,4-5H2,1-3H3,(H,32,33)(H,29,30,31);5-16H,4H2,1-3H3,(H,31,32)(H,28,29,30)/b15-10+;15-8+;14-7+. The van der Waals surface area contributed by atoms with E-state index in [-0.39, 0.29) is 17.5 Å². The van der Waals surface area contributed by atoms with Gasteiger partial charge in [0.05, 0.1) is 53.5 Å². The van der Waals surface area contributed by atoms with E-state index in [0.29, 0.717) is 29.7 Å². The van der Waals surface area contributed by atoms with Crippen LogP contribution in [0.3, 0.4) is 0 Å². The van der Waals surface area contributed by atoms with Crippen molar-refractivity contribution in [3.05, 3.63) is 276 Å². The number of hydrogen-bond acceptors (Lipinski definition) is 18. The molecule has 6 N–H and O–H groups in total. The molecule has 0 saturated carbocycles. The fourth-order valence-corrected chi connectivity index (χ4v) is 13.4. The summed E-state index contributed by atoms with van der Waals surface area (Å²) in [5.74, 6) is 3.94. The van der Waals surface area contributed by atoms with E-state index >= 15 is 0 Å². The van der Waals surface area contributed by atoms with Crippen LogP contribution in [-0.4, -0.2) is 84.5 Å². The number of carboxylic acid groups (broad SMARTS) is 3. The SMILES string of the molecule is C=CCc1c(C)nc(-c2ccc(/C=C/c3ccc(OC)cc3)s2)nc1Nc1ccc(CC(=O)O)cc1.CCc1c(C)nc(-c2ccc(/C=C/c3ccc(OC)cc3)s2)nc1Nc1ccc(C(=O)O)cc1.CCc1nc(-c2ccc(/C=C/c3ccc(OC)cc3)s2)nc(Nc2ccc(C(=O)O)cc2)c1CC. The second kappa shape index (κ2) is 36.6. The average Bonchev–Trinajstić information content (AvgIpc) is 1.61. The molecule has 0 unspecified atom stereocenters. The van der Waals surface area contributed by atoms with Gasteiger partial charge in [0.15, 0.2) is 17.5 Å². The van der Waals surface area contributed by atoms with Gasteiger partial charge in [0.2, 0.25) is 0 Å². The summed E-state index contributed by atoms with van der Waals surface area (Å²) in [5.41, 5.74) is 12.8. The van der Waals surface area contributed by atoms with Gasteiger partial charge in [-0.05, 0) is 213 Å². The number of hydrogen-bond donors (Lipinski definition) is 6. The molecule has 12 aromatic rings. The molecule has 0 atom stereocenters. The van der Waals surface area contributed by atoms with Gasteiger partial charge in [0.25, 0.3) is 0 Å². The third-order valence-corrected chi connectivity index (χ3v) is 19.6. The smallest absolute Gasteiger partial charge is 0.335 e. The van der Waals surface area contributed by atoms with Crippen molar-refractivity contribution in [2.45, 2.75) is 66.7 Å². The highest BCUT2D eigenvalue weighted by atomic mass is 32.1. The molecular weight excluding hydrogens is 1380 g/mol. The maximum Gasteiger partial charge on any atom is 0.335 e. The number of aromatic nitrogens is 6. The lowest BCUT2D eigenvalue weighted by Crippen LogP contribution is -2.07. The molecule has 12 rings (SSSR count). The van der Waals surface area contributed by atoms with E-state index in [1.54, 1.807) is 116 Å². The van der Waals surface area contributed by atoms with Crippen LogP contribution in [0.4, 0.5) is 34.5 Å². The Morgan fingerprint density at radius 3 is 1.09 bits per heavy atom. The number of ether oxygens (including phenoxy) is 3. The molecule has 0 fully saturated rings. The highest BCUT2D eigenvalue weighted by molar-refractivity contribution is 7.17. The van der Waals surface area contributed by atoms with E-state index in [4.69, 9.17) is 59.4 Å². The van der Waals surface area contributed by atoms with Gasteiger partial charge >= 0.3 is 17.9 Å². The van der Waals surface area contributed by atoms with Crippen LogP contribution in [0, 0.1) is 13.8 Å². The van der Waals surface area contributed by atoms with E-state index in [0.717, 1.165) is 150 Å². The summed E-state index contributed by atoms with van der Waals surface area (Å²) in [6, 6.07) is 56.7. The molecule has 18 nitrogen and oxygen atoms in total. The molecular formula is C84H79N9O9S3. The lowest BCUT2D eigenvalue weighted by atomic mass is 10.1. The fourth-order valence-electron chi connectivity index (χ4n) is 10.9. The van der Waals surface area contributed by atoms with Crippen LogP contribution < -0.4 is 30.2 Å².